The van der Waals surface area contributed by atoms with Gasteiger partial charge in [0.05, 0.1) is 29.4 Å². The number of halogens is 1. The van der Waals surface area contributed by atoms with Gasteiger partial charge in [-0.05, 0) is 29.2 Å². The molecule has 0 spiro atoms. The van der Waals surface area contributed by atoms with Crippen LogP contribution in [0.3, 0.4) is 0 Å². The second-order valence-corrected chi connectivity index (χ2v) is 14.1. The number of benzene rings is 2. The lowest BCUT2D eigenvalue weighted by molar-refractivity contribution is -0.139. The fourth-order valence-electron chi connectivity index (χ4n) is 5.40. The van der Waals surface area contributed by atoms with E-state index in [0.29, 0.717) is 28.4 Å². The summed E-state index contributed by atoms with van der Waals surface area (Å²) in [6.07, 6.45) is -1.81. The van der Waals surface area contributed by atoms with Crippen molar-refractivity contribution in [2.45, 2.75) is 43.4 Å². The van der Waals surface area contributed by atoms with Crippen LogP contribution < -0.4 is 10.1 Å². The van der Waals surface area contributed by atoms with Crippen LogP contribution in [0.5, 0.6) is 6.01 Å². The van der Waals surface area contributed by atoms with Gasteiger partial charge in [0.15, 0.2) is 19.1 Å². The highest BCUT2D eigenvalue weighted by Crippen LogP contribution is 2.36. The average Bonchev–Trinajstić information content (AvgIpc) is 3.68. The number of imidazole rings is 1. The Morgan fingerprint density at radius 2 is 1.75 bits per heavy atom. The van der Waals surface area contributed by atoms with E-state index in [1.54, 1.807) is 6.07 Å². The third kappa shape index (κ3) is 6.82. The van der Waals surface area contributed by atoms with E-state index in [-0.39, 0.29) is 37.9 Å². The molecule has 2 fully saturated rings. The van der Waals surface area contributed by atoms with Crippen LogP contribution in [-0.4, -0.2) is 92.5 Å². The molecule has 232 valence electrons. The molecule has 2 aliphatic heterocycles. The van der Waals surface area contributed by atoms with Crippen molar-refractivity contribution >= 4 is 36.1 Å². The first-order valence-corrected chi connectivity index (χ1v) is 16.8. The Kier molecular flexibility index (Phi) is 8.76. The number of ether oxygens (including phenoxy) is 3. The molecule has 2 aliphatic rings. The Labute approximate surface area is 257 Å². The summed E-state index contributed by atoms with van der Waals surface area (Å²) in [5, 5.41) is 22.8. The zero-order chi connectivity index (χ0) is 31.0. The Bertz CT molecular complexity index is 1690. The van der Waals surface area contributed by atoms with Gasteiger partial charge in [-0.15, -0.1) is 0 Å². The van der Waals surface area contributed by atoms with Crippen molar-refractivity contribution in [2.75, 3.05) is 26.0 Å². The molecular formula is C30H32ClN4O8P. The lowest BCUT2D eigenvalue weighted by atomic mass is 10.0. The maximum atomic E-state index is 11.6. The fourth-order valence-corrected chi connectivity index (χ4v) is 6.40. The van der Waals surface area contributed by atoms with E-state index in [1.807, 2.05) is 48.5 Å². The minimum atomic E-state index is -3.28. The number of aromatic amines is 1. The van der Waals surface area contributed by atoms with E-state index in [9.17, 15) is 24.5 Å². The number of aliphatic hydroxyl groups excluding tert-OH is 1. The molecule has 0 radical (unpaired) electrons. The molecule has 4 aromatic rings. The molecule has 2 aromatic carbocycles. The van der Waals surface area contributed by atoms with Gasteiger partial charge < -0.3 is 39.6 Å². The van der Waals surface area contributed by atoms with Crippen molar-refractivity contribution in [3.63, 3.8) is 0 Å². The summed E-state index contributed by atoms with van der Waals surface area (Å²) in [5.41, 5.74) is 5.29. The summed E-state index contributed by atoms with van der Waals surface area (Å²) in [4.78, 5) is 33.3. The Morgan fingerprint density at radius 3 is 2.43 bits per heavy atom. The SMILES string of the molecule is CP(=O)(O)CCC(NCc1ccc(-c2ccc(-c3nc4nc(O[C@@H]5COC6[C@H](O)CO[C@@H]65)[nH]c4cc3Cl)cc2)cc1)C(=O)O. The van der Waals surface area contributed by atoms with E-state index < -0.39 is 37.7 Å². The Morgan fingerprint density at radius 1 is 1.09 bits per heavy atom. The second kappa shape index (κ2) is 12.6. The molecule has 0 saturated carbocycles. The number of fused-ring (bicyclic) bond motifs is 2. The van der Waals surface area contributed by atoms with E-state index in [1.165, 1.54) is 6.66 Å². The number of H-pyrrole nitrogens is 1. The summed E-state index contributed by atoms with van der Waals surface area (Å²) in [6.45, 7) is 2.04. The number of nitrogens with zero attached hydrogens (tertiary/aromatic N) is 2. The molecule has 2 aromatic heterocycles. The van der Waals surface area contributed by atoms with Crippen LogP contribution >= 0.6 is 19.0 Å². The van der Waals surface area contributed by atoms with Crippen LogP contribution in [-0.2, 0) is 25.4 Å². The van der Waals surface area contributed by atoms with Crippen LogP contribution in [0.25, 0.3) is 33.5 Å². The Hall–Kier alpha value is -3.35. The third-order valence-corrected chi connectivity index (χ3v) is 9.15. The summed E-state index contributed by atoms with van der Waals surface area (Å²) in [7, 11) is -3.28. The highest BCUT2D eigenvalue weighted by molar-refractivity contribution is 7.57. The van der Waals surface area contributed by atoms with Crippen LogP contribution in [0.15, 0.2) is 54.6 Å². The molecule has 3 unspecified atom stereocenters. The van der Waals surface area contributed by atoms with Gasteiger partial charge in [0.1, 0.15) is 24.4 Å². The highest BCUT2D eigenvalue weighted by atomic mass is 35.5. The van der Waals surface area contributed by atoms with E-state index in [0.717, 1.165) is 22.3 Å². The van der Waals surface area contributed by atoms with Crippen LogP contribution in [0, 0.1) is 0 Å². The van der Waals surface area contributed by atoms with Crippen molar-refractivity contribution in [1.82, 2.24) is 20.3 Å². The molecular weight excluding hydrogens is 611 g/mol. The summed E-state index contributed by atoms with van der Waals surface area (Å²) >= 11 is 6.61. The maximum absolute atomic E-state index is 11.6. The lowest BCUT2D eigenvalue weighted by Gasteiger charge is -2.15. The third-order valence-electron chi connectivity index (χ3n) is 7.78. The number of aliphatic carboxylic acids is 1. The second-order valence-electron chi connectivity index (χ2n) is 11.2. The minimum absolute atomic E-state index is 0.0586. The zero-order valence-electron chi connectivity index (χ0n) is 23.7. The molecule has 4 heterocycles. The molecule has 0 aliphatic carbocycles. The monoisotopic (exact) mass is 642 g/mol. The van der Waals surface area contributed by atoms with Gasteiger partial charge in [-0.1, -0.05) is 60.1 Å². The normalized spacial score (nSPS) is 23.4. The topological polar surface area (TPSA) is 176 Å². The largest absolute Gasteiger partial charge is 0.480 e. The zero-order valence-corrected chi connectivity index (χ0v) is 25.4. The number of hydrogen-bond donors (Lipinski definition) is 5. The number of rotatable bonds is 11. The minimum Gasteiger partial charge on any atom is -0.480 e. The number of carboxylic acid groups (broad SMARTS) is 1. The first-order chi connectivity index (χ1) is 21.0. The smallest absolute Gasteiger partial charge is 0.320 e. The van der Waals surface area contributed by atoms with Crippen molar-refractivity contribution in [3.05, 3.63) is 65.2 Å². The van der Waals surface area contributed by atoms with Gasteiger partial charge in [0.25, 0.3) is 6.01 Å². The van der Waals surface area contributed by atoms with Gasteiger partial charge in [0, 0.05) is 24.9 Å². The quantitative estimate of drug-likeness (QED) is 0.151. The van der Waals surface area contributed by atoms with Crippen LogP contribution in [0.1, 0.15) is 12.0 Å². The summed E-state index contributed by atoms with van der Waals surface area (Å²) in [5.74, 6) is -1.05. The highest BCUT2D eigenvalue weighted by Gasteiger charge is 2.48. The number of pyridine rings is 1. The number of hydrogen-bond acceptors (Lipinski definition) is 9. The molecule has 6 rings (SSSR count). The van der Waals surface area contributed by atoms with Gasteiger partial charge in [-0.25, -0.2) is 4.98 Å². The Balaban J connectivity index is 1.11. The molecule has 14 heteroatoms. The van der Waals surface area contributed by atoms with Gasteiger partial charge in [-0.2, -0.15) is 4.98 Å². The van der Waals surface area contributed by atoms with Gasteiger partial charge in [-0.3, -0.25) is 9.36 Å². The number of nitrogens with one attached hydrogen (secondary N) is 2. The van der Waals surface area contributed by atoms with Crippen LogP contribution in [0.4, 0.5) is 0 Å². The molecule has 12 nitrogen and oxygen atoms in total. The first kappa shape index (κ1) is 30.7. The van der Waals surface area contributed by atoms with Gasteiger partial charge >= 0.3 is 5.97 Å². The van der Waals surface area contributed by atoms with Gasteiger partial charge in [0.2, 0.25) is 0 Å². The average molecular weight is 643 g/mol. The molecule has 0 bridgehead atoms. The predicted octanol–water partition coefficient (Wildman–Crippen LogP) is 3.68. The summed E-state index contributed by atoms with van der Waals surface area (Å²) in [6, 6.07) is 16.6. The number of carboxylic acids is 1. The molecule has 44 heavy (non-hydrogen) atoms. The first-order valence-electron chi connectivity index (χ1n) is 14.1. The van der Waals surface area contributed by atoms with Crippen molar-refractivity contribution in [2.24, 2.45) is 0 Å². The maximum Gasteiger partial charge on any atom is 0.320 e. The van der Waals surface area contributed by atoms with E-state index in [2.05, 4.69) is 20.3 Å². The van der Waals surface area contributed by atoms with E-state index >= 15 is 0 Å². The van der Waals surface area contributed by atoms with E-state index in [4.69, 9.17) is 25.8 Å². The lowest BCUT2D eigenvalue weighted by Crippen LogP contribution is -2.36. The fraction of sp³-hybridized carbons (Fsp3) is 0.367. The van der Waals surface area contributed by atoms with Crippen molar-refractivity contribution in [1.29, 1.82) is 0 Å². The number of aromatic nitrogens is 3. The molecule has 0 amide bonds. The molecule has 5 N–H and O–H groups in total. The molecule has 6 atom stereocenters. The standard InChI is InChI=1S/C30H32ClN4O8P/c1-44(39,40)11-10-21(29(37)38)32-13-16-2-4-17(5-3-16)18-6-8-19(9-7-18)25-20(31)12-22-28(34-25)35-30(33-22)43-24-15-42-26-23(36)14-41-27(24)26/h2-9,12,21,23-24,26-27,32,36H,10-11,13-15H2,1H3,(H,37,38)(H,39,40)(H,33,34,35)/t21?,23-,24-,26?,27-/m1/s1. The number of aliphatic hydroxyl groups is 1. The summed E-state index contributed by atoms with van der Waals surface area (Å²) < 4.78 is 28.8. The number of carbonyl (C=O) groups is 1. The van der Waals surface area contributed by atoms with Crippen molar-refractivity contribution in [3.8, 4) is 28.4 Å². The molecule has 2 saturated heterocycles. The van der Waals surface area contributed by atoms with Crippen molar-refractivity contribution < 1.29 is 38.7 Å². The predicted molar refractivity (Wildman–Crippen MR) is 163 cm³/mol. The van der Waals surface area contributed by atoms with Crippen LogP contribution in [0.2, 0.25) is 5.02 Å².